The minimum atomic E-state index is -4.37. The lowest BCUT2D eigenvalue weighted by atomic mass is 10.1. The molecule has 0 aromatic heterocycles. The highest BCUT2D eigenvalue weighted by molar-refractivity contribution is 5.86. The minimum absolute atomic E-state index is 0.234. The molecule has 6 heteroatoms. The SMILES string of the molecule is CNC(C(=O)O)=C(C)CC(F)(F)F. The number of rotatable bonds is 3. The van der Waals surface area contributed by atoms with E-state index in [0.29, 0.717) is 0 Å². The number of carbonyl (C=O) groups is 1. The summed E-state index contributed by atoms with van der Waals surface area (Å²) in [6, 6.07) is 0. The predicted octanol–water partition coefficient (Wildman–Crippen LogP) is 1.52. The molecular weight excluding hydrogens is 187 g/mol. The monoisotopic (exact) mass is 197 g/mol. The van der Waals surface area contributed by atoms with E-state index >= 15 is 0 Å². The van der Waals surface area contributed by atoms with Gasteiger partial charge in [0.2, 0.25) is 0 Å². The van der Waals surface area contributed by atoms with E-state index in [2.05, 4.69) is 5.32 Å². The van der Waals surface area contributed by atoms with Gasteiger partial charge in [-0.1, -0.05) is 0 Å². The zero-order valence-corrected chi connectivity index (χ0v) is 7.20. The minimum Gasteiger partial charge on any atom is -0.477 e. The Balaban J connectivity index is 4.68. The average Bonchev–Trinajstić information content (AvgIpc) is 1.82. The van der Waals surface area contributed by atoms with Gasteiger partial charge in [0.05, 0.1) is 6.42 Å². The number of halogens is 3. The fourth-order valence-corrected chi connectivity index (χ4v) is 0.892. The van der Waals surface area contributed by atoms with E-state index in [1.165, 1.54) is 7.05 Å². The van der Waals surface area contributed by atoms with Gasteiger partial charge in [-0.05, 0) is 12.5 Å². The highest BCUT2D eigenvalue weighted by Gasteiger charge is 2.29. The second-order valence-electron chi connectivity index (χ2n) is 2.50. The van der Waals surface area contributed by atoms with Gasteiger partial charge in [-0.15, -0.1) is 0 Å². The maximum atomic E-state index is 11.8. The van der Waals surface area contributed by atoms with E-state index in [9.17, 15) is 18.0 Å². The number of hydrogen-bond donors (Lipinski definition) is 2. The second-order valence-corrected chi connectivity index (χ2v) is 2.50. The third kappa shape index (κ3) is 4.39. The Bertz CT molecular complexity index is 232. The van der Waals surface area contributed by atoms with Crippen LogP contribution in [0.3, 0.4) is 0 Å². The smallest absolute Gasteiger partial charge is 0.392 e. The van der Waals surface area contributed by atoms with Gasteiger partial charge in [-0.25, -0.2) is 4.79 Å². The third-order valence-corrected chi connectivity index (χ3v) is 1.36. The number of hydrogen-bond acceptors (Lipinski definition) is 2. The molecule has 0 saturated heterocycles. The van der Waals surface area contributed by atoms with Crippen LogP contribution in [-0.4, -0.2) is 24.3 Å². The van der Waals surface area contributed by atoms with Crippen molar-refractivity contribution in [3.63, 3.8) is 0 Å². The van der Waals surface area contributed by atoms with E-state index in [0.717, 1.165) is 6.92 Å². The van der Waals surface area contributed by atoms with Crippen molar-refractivity contribution < 1.29 is 23.1 Å². The molecule has 0 aliphatic carbocycles. The molecule has 0 spiro atoms. The molecule has 0 unspecified atom stereocenters. The molecule has 0 saturated carbocycles. The Kier molecular flexibility index (Phi) is 3.77. The molecule has 13 heavy (non-hydrogen) atoms. The summed E-state index contributed by atoms with van der Waals surface area (Å²) < 4.78 is 35.4. The first-order chi connectivity index (χ1) is 5.78. The zero-order chi connectivity index (χ0) is 10.6. The summed E-state index contributed by atoms with van der Waals surface area (Å²) in [5.41, 5.74) is -0.639. The van der Waals surface area contributed by atoms with Crippen LogP contribution in [0.1, 0.15) is 13.3 Å². The highest BCUT2D eigenvalue weighted by Crippen LogP contribution is 2.25. The molecule has 0 heterocycles. The third-order valence-electron chi connectivity index (χ3n) is 1.36. The summed E-state index contributed by atoms with van der Waals surface area (Å²) in [4.78, 5) is 10.4. The van der Waals surface area contributed by atoms with Crippen LogP contribution in [0, 0.1) is 0 Å². The number of allylic oxidation sites excluding steroid dienone is 1. The Labute approximate surface area is 73.2 Å². The Morgan fingerprint density at radius 1 is 1.46 bits per heavy atom. The first-order valence-electron chi connectivity index (χ1n) is 3.45. The van der Waals surface area contributed by atoms with Crippen molar-refractivity contribution in [3.8, 4) is 0 Å². The topological polar surface area (TPSA) is 49.3 Å². The number of alkyl halides is 3. The van der Waals surface area contributed by atoms with Crippen molar-refractivity contribution in [1.29, 1.82) is 0 Å². The molecule has 76 valence electrons. The molecule has 0 aromatic carbocycles. The van der Waals surface area contributed by atoms with Gasteiger partial charge in [0, 0.05) is 7.05 Å². The average molecular weight is 197 g/mol. The van der Waals surface area contributed by atoms with Crippen LogP contribution >= 0.6 is 0 Å². The molecular formula is C7H10F3NO2. The molecule has 0 amide bonds. The van der Waals surface area contributed by atoms with Crippen molar-refractivity contribution in [2.24, 2.45) is 0 Å². The number of likely N-dealkylation sites (N-methyl/N-ethyl adjacent to an activating group) is 1. The Morgan fingerprint density at radius 3 is 2.15 bits per heavy atom. The van der Waals surface area contributed by atoms with E-state index in [1.807, 2.05) is 0 Å². The summed E-state index contributed by atoms with van der Waals surface area (Å²) in [5.74, 6) is -1.38. The van der Waals surface area contributed by atoms with Crippen molar-refractivity contribution >= 4 is 5.97 Å². The van der Waals surface area contributed by atoms with Crippen LogP contribution in [-0.2, 0) is 4.79 Å². The number of carboxylic acids is 1. The molecule has 0 radical (unpaired) electrons. The predicted molar refractivity (Wildman–Crippen MR) is 40.1 cm³/mol. The van der Waals surface area contributed by atoms with E-state index in [1.54, 1.807) is 0 Å². The van der Waals surface area contributed by atoms with Gasteiger partial charge in [0.15, 0.2) is 0 Å². The van der Waals surface area contributed by atoms with Crippen LogP contribution in [0.15, 0.2) is 11.3 Å². The summed E-state index contributed by atoms with van der Waals surface area (Å²) in [7, 11) is 1.27. The fraction of sp³-hybridized carbons (Fsp3) is 0.571. The molecule has 0 aromatic rings. The van der Waals surface area contributed by atoms with Gasteiger partial charge in [-0.2, -0.15) is 13.2 Å². The Hall–Kier alpha value is -1.20. The van der Waals surface area contributed by atoms with Crippen molar-refractivity contribution in [2.75, 3.05) is 7.05 Å². The van der Waals surface area contributed by atoms with Gasteiger partial charge < -0.3 is 10.4 Å². The lowest BCUT2D eigenvalue weighted by Crippen LogP contribution is -2.20. The van der Waals surface area contributed by atoms with E-state index in [4.69, 9.17) is 5.11 Å². The molecule has 0 aliphatic rings. The standard InChI is InChI=1S/C7H10F3NO2/c1-4(3-7(8,9)10)5(11-2)6(12)13/h11H,3H2,1-2H3,(H,12,13). The van der Waals surface area contributed by atoms with Gasteiger partial charge in [0.25, 0.3) is 0 Å². The highest BCUT2D eigenvalue weighted by atomic mass is 19.4. The van der Waals surface area contributed by atoms with Crippen molar-refractivity contribution in [1.82, 2.24) is 5.32 Å². The van der Waals surface area contributed by atoms with Crippen molar-refractivity contribution in [2.45, 2.75) is 19.5 Å². The maximum Gasteiger partial charge on any atom is 0.392 e. The van der Waals surface area contributed by atoms with Crippen LogP contribution in [0.4, 0.5) is 13.2 Å². The molecule has 0 aliphatic heterocycles. The van der Waals surface area contributed by atoms with Crippen LogP contribution < -0.4 is 5.32 Å². The quantitative estimate of drug-likeness (QED) is 0.674. The molecule has 0 fully saturated rings. The molecule has 0 rings (SSSR count). The Morgan fingerprint density at radius 2 is 1.92 bits per heavy atom. The fourth-order valence-electron chi connectivity index (χ4n) is 0.892. The van der Waals surface area contributed by atoms with Gasteiger partial charge in [0.1, 0.15) is 5.70 Å². The second kappa shape index (κ2) is 4.15. The lowest BCUT2D eigenvalue weighted by Gasteiger charge is -2.09. The van der Waals surface area contributed by atoms with Crippen molar-refractivity contribution in [3.05, 3.63) is 11.3 Å². The number of nitrogens with one attached hydrogen (secondary N) is 1. The van der Waals surface area contributed by atoms with E-state index < -0.39 is 24.3 Å². The first-order valence-corrected chi connectivity index (χ1v) is 3.45. The number of aliphatic carboxylic acids is 1. The largest absolute Gasteiger partial charge is 0.477 e. The lowest BCUT2D eigenvalue weighted by molar-refractivity contribution is -0.133. The zero-order valence-electron chi connectivity index (χ0n) is 7.20. The maximum absolute atomic E-state index is 11.8. The summed E-state index contributed by atoms with van der Waals surface area (Å²) in [5, 5.41) is 10.7. The molecule has 0 bridgehead atoms. The normalized spacial score (nSPS) is 13.6. The molecule has 3 nitrogen and oxygen atoms in total. The van der Waals surface area contributed by atoms with Gasteiger partial charge >= 0.3 is 12.1 Å². The van der Waals surface area contributed by atoms with Crippen LogP contribution in [0.2, 0.25) is 0 Å². The summed E-state index contributed by atoms with van der Waals surface area (Å²) >= 11 is 0. The summed E-state index contributed by atoms with van der Waals surface area (Å²) in [6.45, 7) is 1.13. The van der Waals surface area contributed by atoms with Crippen LogP contribution in [0.5, 0.6) is 0 Å². The number of carboxylic acid groups (broad SMARTS) is 1. The summed E-state index contributed by atoms with van der Waals surface area (Å²) in [6.07, 6.45) is -5.59. The first kappa shape index (κ1) is 11.8. The van der Waals surface area contributed by atoms with E-state index in [-0.39, 0.29) is 5.57 Å². The van der Waals surface area contributed by atoms with Crippen LogP contribution in [0.25, 0.3) is 0 Å². The molecule has 2 N–H and O–H groups in total. The molecule has 0 atom stereocenters. The van der Waals surface area contributed by atoms with Gasteiger partial charge in [-0.3, -0.25) is 0 Å².